The molecule has 136 valence electrons. The molecule has 3 aromatic rings. The van der Waals surface area contributed by atoms with Gasteiger partial charge >= 0.3 is 0 Å². The van der Waals surface area contributed by atoms with E-state index in [-0.39, 0.29) is 11.8 Å². The van der Waals surface area contributed by atoms with E-state index < -0.39 is 0 Å². The number of anilines is 1. The normalized spacial score (nSPS) is 17.6. The molecule has 3 heterocycles. The smallest absolute Gasteiger partial charge is 0.224 e. The van der Waals surface area contributed by atoms with Gasteiger partial charge in [-0.1, -0.05) is 11.6 Å². The lowest BCUT2D eigenvalue weighted by Gasteiger charge is -2.31. The third-order valence-corrected chi connectivity index (χ3v) is 5.01. The van der Waals surface area contributed by atoms with Crippen molar-refractivity contribution < 1.29 is 9.21 Å². The summed E-state index contributed by atoms with van der Waals surface area (Å²) in [6.07, 6.45) is 4.22. The number of hydrogen-bond donors (Lipinski definition) is 2. The summed E-state index contributed by atoms with van der Waals surface area (Å²) in [6.45, 7) is 2.15. The van der Waals surface area contributed by atoms with E-state index in [9.17, 15) is 4.79 Å². The topological polar surface area (TPSA) is 74.2 Å². The van der Waals surface area contributed by atoms with Crippen molar-refractivity contribution in [1.29, 1.82) is 0 Å². The summed E-state index contributed by atoms with van der Waals surface area (Å²) in [4.78, 5) is 22.6. The molecule has 0 aliphatic carbocycles. The average molecular weight is 373 g/mol. The Bertz CT molecular complexity index is 890. The maximum Gasteiger partial charge on any atom is 0.224 e. The highest BCUT2D eigenvalue weighted by Gasteiger charge is 2.27. The van der Waals surface area contributed by atoms with E-state index in [0.717, 1.165) is 42.1 Å². The molecule has 26 heavy (non-hydrogen) atoms. The molecule has 1 aliphatic rings. The fourth-order valence-corrected chi connectivity index (χ4v) is 3.58. The van der Waals surface area contributed by atoms with E-state index in [0.29, 0.717) is 24.5 Å². The number of furan rings is 1. The fourth-order valence-electron chi connectivity index (χ4n) is 3.41. The number of rotatable bonds is 5. The van der Waals surface area contributed by atoms with Crippen molar-refractivity contribution in [3.05, 3.63) is 47.4 Å². The van der Waals surface area contributed by atoms with Crippen molar-refractivity contribution in [3.63, 3.8) is 0 Å². The molecule has 2 aromatic heterocycles. The van der Waals surface area contributed by atoms with Gasteiger partial charge in [-0.05, 0) is 43.2 Å². The Kier molecular flexibility index (Phi) is 4.84. The molecule has 7 heteroatoms. The molecule has 1 unspecified atom stereocenters. The number of imidazole rings is 1. The summed E-state index contributed by atoms with van der Waals surface area (Å²) in [7, 11) is 0. The lowest BCUT2D eigenvalue weighted by atomic mass is 9.97. The van der Waals surface area contributed by atoms with E-state index in [1.165, 1.54) is 0 Å². The van der Waals surface area contributed by atoms with E-state index in [1.54, 1.807) is 6.26 Å². The van der Waals surface area contributed by atoms with E-state index in [2.05, 4.69) is 20.2 Å². The van der Waals surface area contributed by atoms with Crippen LogP contribution in [0.5, 0.6) is 0 Å². The molecule has 1 aliphatic heterocycles. The van der Waals surface area contributed by atoms with Crippen LogP contribution in [0.4, 0.5) is 5.95 Å². The Morgan fingerprint density at radius 2 is 2.35 bits per heavy atom. The number of benzene rings is 1. The maximum absolute atomic E-state index is 12.5. The number of hydrogen-bond acceptors (Lipinski definition) is 4. The molecular weight excluding hydrogens is 352 g/mol. The second kappa shape index (κ2) is 7.41. The first-order valence-corrected chi connectivity index (χ1v) is 9.27. The van der Waals surface area contributed by atoms with Gasteiger partial charge < -0.3 is 19.6 Å². The minimum atomic E-state index is -0.0304. The van der Waals surface area contributed by atoms with Gasteiger partial charge in [0.15, 0.2) is 0 Å². The van der Waals surface area contributed by atoms with Gasteiger partial charge in [0.2, 0.25) is 11.9 Å². The first kappa shape index (κ1) is 17.0. The Morgan fingerprint density at radius 3 is 3.19 bits per heavy atom. The number of aromatic amines is 1. The highest BCUT2D eigenvalue weighted by Crippen LogP contribution is 2.25. The Hall–Kier alpha value is -2.47. The average Bonchev–Trinajstić information content (AvgIpc) is 3.31. The second-order valence-corrected chi connectivity index (χ2v) is 7.06. The zero-order valence-electron chi connectivity index (χ0n) is 14.4. The number of nitrogens with zero attached hydrogens (tertiary/aromatic N) is 2. The summed E-state index contributed by atoms with van der Waals surface area (Å²) < 4.78 is 5.29. The van der Waals surface area contributed by atoms with Crippen molar-refractivity contribution in [3.8, 4) is 0 Å². The van der Waals surface area contributed by atoms with E-state index in [1.807, 2.05) is 30.3 Å². The summed E-state index contributed by atoms with van der Waals surface area (Å²) in [5.74, 6) is 1.75. The van der Waals surface area contributed by atoms with Crippen LogP contribution in [0.3, 0.4) is 0 Å². The Morgan fingerprint density at radius 1 is 1.42 bits per heavy atom. The van der Waals surface area contributed by atoms with Crippen LogP contribution in [0.25, 0.3) is 11.0 Å². The van der Waals surface area contributed by atoms with Gasteiger partial charge in [0, 0.05) is 31.1 Å². The van der Waals surface area contributed by atoms with Crippen LogP contribution < -0.4 is 10.2 Å². The Balaban J connectivity index is 1.37. The molecule has 1 amide bonds. The molecule has 1 aromatic carbocycles. The first-order chi connectivity index (χ1) is 12.7. The number of amides is 1. The number of aromatic nitrogens is 2. The molecule has 2 N–H and O–H groups in total. The second-order valence-electron chi connectivity index (χ2n) is 6.63. The van der Waals surface area contributed by atoms with Crippen LogP contribution in [0.15, 0.2) is 41.0 Å². The van der Waals surface area contributed by atoms with Gasteiger partial charge in [-0.15, -0.1) is 0 Å². The van der Waals surface area contributed by atoms with Crippen LogP contribution in [-0.4, -0.2) is 35.5 Å². The third kappa shape index (κ3) is 3.70. The van der Waals surface area contributed by atoms with Crippen LogP contribution in [0.2, 0.25) is 5.02 Å². The number of piperidine rings is 1. The number of fused-ring (bicyclic) bond motifs is 1. The van der Waals surface area contributed by atoms with Crippen LogP contribution in [0.1, 0.15) is 18.6 Å². The third-order valence-electron chi connectivity index (χ3n) is 4.77. The number of carbonyl (C=O) groups excluding carboxylic acids is 1. The predicted molar refractivity (Wildman–Crippen MR) is 101 cm³/mol. The summed E-state index contributed by atoms with van der Waals surface area (Å²) >= 11 is 6.04. The maximum atomic E-state index is 12.5. The molecular formula is C19H21ClN4O2. The number of H-pyrrole nitrogens is 1. The van der Waals surface area contributed by atoms with Crippen molar-refractivity contribution >= 4 is 34.5 Å². The molecule has 0 saturated carbocycles. The lowest BCUT2D eigenvalue weighted by Crippen LogP contribution is -2.43. The van der Waals surface area contributed by atoms with E-state index in [4.69, 9.17) is 16.0 Å². The quantitative estimate of drug-likeness (QED) is 0.720. The molecule has 0 spiro atoms. The minimum absolute atomic E-state index is 0.0304. The monoisotopic (exact) mass is 372 g/mol. The molecule has 6 nitrogen and oxygen atoms in total. The number of nitrogens with one attached hydrogen (secondary N) is 2. The van der Waals surface area contributed by atoms with Crippen molar-refractivity contribution in [2.24, 2.45) is 5.92 Å². The van der Waals surface area contributed by atoms with Gasteiger partial charge in [0.1, 0.15) is 5.76 Å². The molecule has 4 rings (SSSR count). The van der Waals surface area contributed by atoms with E-state index >= 15 is 0 Å². The zero-order chi connectivity index (χ0) is 17.9. The largest absolute Gasteiger partial charge is 0.469 e. The predicted octanol–water partition coefficient (Wildman–Crippen LogP) is 3.38. The van der Waals surface area contributed by atoms with Crippen LogP contribution in [-0.2, 0) is 11.2 Å². The lowest BCUT2D eigenvalue weighted by molar-refractivity contribution is -0.125. The first-order valence-electron chi connectivity index (χ1n) is 8.89. The van der Waals surface area contributed by atoms with Gasteiger partial charge in [-0.3, -0.25) is 4.79 Å². The molecule has 1 fully saturated rings. The van der Waals surface area contributed by atoms with Crippen LogP contribution in [0, 0.1) is 5.92 Å². The Labute approximate surface area is 156 Å². The zero-order valence-corrected chi connectivity index (χ0v) is 15.1. The molecule has 0 bridgehead atoms. The molecule has 0 radical (unpaired) electrons. The van der Waals surface area contributed by atoms with Crippen molar-refractivity contribution in [2.45, 2.75) is 19.3 Å². The van der Waals surface area contributed by atoms with Gasteiger partial charge in [-0.2, -0.15) is 0 Å². The van der Waals surface area contributed by atoms with Gasteiger partial charge in [0.05, 0.1) is 23.2 Å². The van der Waals surface area contributed by atoms with Gasteiger partial charge in [-0.25, -0.2) is 4.98 Å². The summed E-state index contributed by atoms with van der Waals surface area (Å²) in [5, 5.41) is 3.70. The molecule has 1 saturated heterocycles. The van der Waals surface area contributed by atoms with Gasteiger partial charge in [0.25, 0.3) is 0 Å². The summed E-state index contributed by atoms with van der Waals surface area (Å²) in [5.41, 5.74) is 1.80. The van der Waals surface area contributed by atoms with Crippen molar-refractivity contribution in [2.75, 3.05) is 24.5 Å². The van der Waals surface area contributed by atoms with Crippen LogP contribution >= 0.6 is 11.6 Å². The molecule has 1 atom stereocenters. The standard InChI is InChI=1S/C19H21ClN4O2/c20-14-5-6-16-17(11-14)23-19(22-16)24-9-1-3-13(12-24)18(25)21-8-7-15-4-2-10-26-15/h2,4-6,10-11,13H,1,3,7-9,12H2,(H,21,25)(H,22,23). The SMILES string of the molecule is O=C(NCCc1ccco1)C1CCCN(c2nc3ccc(Cl)cc3[nH]2)C1. The number of halogens is 1. The minimum Gasteiger partial charge on any atom is -0.469 e. The fraction of sp³-hybridized carbons (Fsp3) is 0.368. The van der Waals surface area contributed by atoms with Crippen molar-refractivity contribution in [1.82, 2.24) is 15.3 Å². The highest BCUT2D eigenvalue weighted by atomic mass is 35.5. The summed E-state index contributed by atoms with van der Waals surface area (Å²) in [6, 6.07) is 9.38. The highest BCUT2D eigenvalue weighted by molar-refractivity contribution is 6.31. The number of carbonyl (C=O) groups is 1.